The van der Waals surface area contributed by atoms with Crippen molar-refractivity contribution in [2.45, 2.75) is 45.8 Å². The molecule has 21 heavy (non-hydrogen) atoms. The number of carbonyl (C=O) groups is 1. The second kappa shape index (κ2) is 6.52. The second-order valence-electron chi connectivity index (χ2n) is 5.67. The minimum Gasteiger partial charge on any atom is -0.316 e. The highest BCUT2D eigenvalue weighted by atomic mass is 19.3. The van der Waals surface area contributed by atoms with Crippen LogP contribution in [0.1, 0.15) is 37.6 Å². The van der Waals surface area contributed by atoms with Crippen molar-refractivity contribution in [1.29, 1.82) is 0 Å². The maximum absolute atomic E-state index is 12.8. The normalized spacial score (nSPS) is 23.9. The van der Waals surface area contributed by atoms with Crippen LogP contribution in [0.2, 0.25) is 0 Å². The third-order valence-corrected chi connectivity index (χ3v) is 4.23. The number of hydrogen-bond acceptors (Lipinski definition) is 2. The number of rotatable bonds is 5. The van der Waals surface area contributed by atoms with Gasteiger partial charge in [0, 0.05) is 0 Å². The Morgan fingerprint density at radius 2 is 2.00 bits per heavy atom. The van der Waals surface area contributed by atoms with E-state index in [1.54, 1.807) is 0 Å². The van der Waals surface area contributed by atoms with E-state index in [1.165, 1.54) is 4.90 Å². The number of carbonyl (C=O) groups excluding carboxylic acids is 1. The van der Waals surface area contributed by atoms with E-state index >= 15 is 0 Å². The van der Waals surface area contributed by atoms with Gasteiger partial charge in [-0.1, -0.05) is 44.5 Å². The summed E-state index contributed by atoms with van der Waals surface area (Å²) in [7, 11) is 0. The minimum atomic E-state index is -2.53. The van der Waals surface area contributed by atoms with Gasteiger partial charge < -0.3 is 4.90 Å². The fourth-order valence-electron chi connectivity index (χ4n) is 2.78. The minimum absolute atomic E-state index is 0.117. The number of benzene rings is 1. The topological polar surface area (TPSA) is 32.3 Å². The molecule has 5 heteroatoms. The van der Waals surface area contributed by atoms with Crippen LogP contribution in [0.5, 0.6) is 0 Å². The predicted molar refractivity (Wildman–Crippen MR) is 78.0 cm³/mol. The first-order valence-corrected chi connectivity index (χ1v) is 7.35. The van der Waals surface area contributed by atoms with Gasteiger partial charge in [0.2, 0.25) is 5.91 Å². The smallest absolute Gasteiger partial charge is 0.255 e. The van der Waals surface area contributed by atoms with Crippen LogP contribution < -0.4 is 5.32 Å². The van der Waals surface area contributed by atoms with E-state index in [-0.39, 0.29) is 11.8 Å². The maximum Gasteiger partial charge on any atom is 0.255 e. The molecule has 1 aromatic carbocycles. The highest BCUT2D eigenvalue weighted by Gasteiger charge is 2.42. The number of amides is 1. The molecule has 1 heterocycles. The maximum atomic E-state index is 12.8. The molecule has 1 aromatic rings. The van der Waals surface area contributed by atoms with E-state index in [9.17, 15) is 13.6 Å². The third-order valence-electron chi connectivity index (χ3n) is 4.23. The first kappa shape index (κ1) is 15.9. The molecule has 2 rings (SSSR count). The molecule has 1 amide bonds. The number of halogens is 2. The lowest BCUT2D eigenvalue weighted by Gasteiger charge is -2.25. The molecule has 1 aliphatic rings. The molecule has 3 nitrogen and oxygen atoms in total. The molecule has 1 N–H and O–H groups in total. The molecule has 0 spiro atoms. The zero-order valence-corrected chi connectivity index (χ0v) is 12.6. The summed E-state index contributed by atoms with van der Waals surface area (Å²) in [6.45, 7) is 5.37. The summed E-state index contributed by atoms with van der Waals surface area (Å²) in [6, 6.07) is 7.19. The molecule has 0 radical (unpaired) electrons. The van der Waals surface area contributed by atoms with E-state index in [0.29, 0.717) is 0 Å². The van der Waals surface area contributed by atoms with Crippen LogP contribution in [-0.4, -0.2) is 29.8 Å². The Bertz CT molecular complexity index is 507. The van der Waals surface area contributed by atoms with Crippen LogP contribution >= 0.6 is 0 Å². The van der Waals surface area contributed by atoms with E-state index < -0.39 is 25.2 Å². The van der Waals surface area contributed by atoms with Crippen molar-refractivity contribution in [3.8, 4) is 0 Å². The summed E-state index contributed by atoms with van der Waals surface area (Å²) >= 11 is 0. The van der Waals surface area contributed by atoms with Crippen LogP contribution in [0, 0.1) is 12.8 Å². The SMILES string of the molecule is CCC(C)C1NC(c2ccccc2C)N(CC(F)F)C1=O. The van der Waals surface area contributed by atoms with Gasteiger partial charge in [0.05, 0.1) is 12.6 Å². The number of nitrogens with zero attached hydrogens (tertiary/aromatic N) is 1. The predicted octanol–water partition coefficient (Wildman–Crippen LogP) is 3.11. The van der Waals surface area contributed by atoms with Gasteiger partial charge in [0.1, 0.15) is 6.17 Å². The molecule has 0 bridgehead atoms. The zero-order chi connectivity index (χ0) is 15.6. The van der Waals surface area contributed by atoms with Gasteiger partial charge in [-0.25, -0.2) is 8.78 Å². The molecule has 0 aliphatic carbocycles. The molecule has 0 aromatic heterocycles. The monoisotopic (exact) mass is 296 g/mol. The van der Waals surface area contributed by atoms with Crippen LogP contribution in [0.25, 0.3) is 0 Å². The average Bonchev–Trinajstić information content (AvgIpc) is 2.76. The summed E-state index contributed by atoms with van der Waals surface area (Å²) < 4.78 is 25.7. The molecule has 1 fully saturated rings. The van der Waals surface area contributed by atoms with Crippen LogP contribution in [0.3, 0.4) is 0 Å². The Morgan fingerprint density at radius 3 is 2.57 bits per heavy atom. The van der Waals surface area contributed by atoms with E-state index in [2.05, 4.69) is 5.32 Å². The highest BCUT2D eigenvalue weighted by molar-refractivity contribution is 5.85. The molecule has 3 atom stereocenters. The fraction of sp³-hybridized carbons (Fsp3) is 0.562. The van der Waals surface area contributed by atoms with Crippen molar-refractivity contribution in [2.75, 3.05) is 6.54 Å². The fourth-order valence-corrected chi connectivity index (χ4v) is 2.78. The molecule has 1 aliphatic heterocycles. The Balaban J connectivity index is 2.33. The summed E-state index contributed by atoms with van der Waals surface area (Å²) in [5.41, 5.74) is 1.88. The highest BCUT2D eigenvalue weighted by Crippen LogP contribution is 2.31. The van der Waals surface area contributed by atoms with Crippen LogP contribution in [-0.2, 0) is 4.79 Å². The van der Waals surface area contributed by atoms with E-state index in [0.717, 1.165) is 17.5 Å². The van der Waals surface area contributed by atoms with Gasteiger partial charge >= 0.3 is 0 Å². The van der Waals surface area contributed by atoms with Crippen molar-refractivity contribution in [2.24, 2.45) is 5.92 Å². The van der Waals surface area contributed by atoms with E-state index in [1.807, 2.05) is 45.0 Å². The molecule has 3 unspecified atom stereocenters. The molecule has 116 valence electrons. The lowest BCUT2D eigenvalue weighted by atomic mass is 9.99. The first-order valence-electron chi connectivity index (χ1n) is 7.35. The molecule has 1 saturated heterocycles. The lowest BCUT2D eigenvalue weighted by molar-refractivity contribution is -0.132. The average molecular weight is 296 g/mol. The van der Waals surface area contributed by atoms with Crippen molar-refractivity contribution in [3.05, 3.63) is 35.4 Å². The lowest BCUT2D eigenvalue weighted by Crippen LogP contribution is -2.37. The number of alkyl halides is 2. The van der Waals surface area contributed by atoms with Gasteiger partial charge in [-0.2, -0.15) is 0 Å². The van der Waals surface area contributed by atoms with Gasteiger partial charge in [0.25, 0.3) is 6.43 Å². The Kier molecular flexibility index (Phi) is 4.93. The quantitative estimate of drug-likeness (QED) is 0.905. The third kappa shape index (κ3) is 3.23. The molecular formula is C16H22F2N2O. The van der Waals surface area contributed by atoms with E-state index in [4.69, 9.17) is 0 Å². The summed E-state index contributed by atoms with van der Waals surface area (Å²) in [4.78, 5) is 13.7. The van der Waals surface area contributed by atoms with Crippen molar-refractivity contribution in [1.82, 2.24) is 10.2 Å². The summed E-state index contributed by atoms with van der Waals surface area (Å²) in [5.74, 6) is -0.107. The van der Waals surface area contributed by atoms with Gasteiger partial charge in [-0.15, -0.1) is 0 Å². The van der Waals surface area contributed by atoms with Crippen LogP contribution in [0.4, 0.5) is 8.78 Å². The largest absolute Gasteiger partial charge is 0.316 e. The first-order chi connectivity index (χ1) is 9.95. The molecule has 0 saturated carbocycles. The standard InChI is InChI=1S/C16H22F2N2O/c1-4-10(2)14-16(21)20(9-13(17)18)15(19-14)12-8-6-5-7-11(12)3/h5-8,10,13-15,19H,4,9H2,1-3H3. The zero-order valence-electron chi connectivity index (χ0n) is 12.6. The molecular weight excluding hydrogens is 274 g/mol. The van der Waals surface area contributed by atoms with Crippen LogP contribution in [0.15, 0.2) is 24.3 Å². The summed E-state index contributed by atoms with van der Waals surface area (Å²) in [6.07, 6.45) is -2.17. The van der Waals surface area contributed by atoms with Gasteiger partial charge in [-0.05, 0) is 24.0 Å². The Morgan fingerprint density at radius 1 is 1.33 bits per heavy atom. The number of hydrogen-bond donors (Lipinski definition) is 1. The van der Waals surface area contributed by atoms with Gasteiger partial charge in [0.15, 0.2) is 0 Å². The van der Waals surface area contributed by atoms with Gasteiger partial charge in [-0.3, -0.25) is 10.1 Å². The number of nitrogens with one attached hydrogen (secondary N) is 1. The number of aryl methyl sites for hydroxylation is 1. The van der Waals surface area contributed by atoms with Crippen molar-refractivity contribution < 1.29 is 13.6 Å². The second-order valence-corrected chi connectivity index (χ2v) is 5.67. The Labute approximate surface area is 124 Å². The Hall–Kier alpha value is -1.49. The summed E-state index contributed by atoms with van der Waals surface area (Å²) in [5, 5.41) is 3.25. The van der Waals surface area contributed by atoms with Crippen molar-refractivity contribution in [3.63, 3.8) is 0 Å². The van der Waals surface area contributed by atoms with Crippen molar-refractivity contribution >= 4 is 5.91 Å².